The van der Waals surface area contributed by atoms with E-state index < -0.39 is 0 Å². The summed E-state index contributed by atoms with van der Waals surface area (Å²) >= 11 is 1.87. The number of hydrogen-bond acceptors (Lipinski definition) is 4. The molecule has 0 unspecified atom stereocenters. The zero-order chi connectivity index (χ0) is 33.0. The first-order valence-electron chi connectivity index (χ1n) is 16.7. The van der Waals surface area contributed by atoms with Crippen molar-refractivity contribution in [3.63, 3.8) is 0 Å². The highest BCUT2D eigenvalue weighted by Gasteiger charge is 2.18. The lowest BCUT2D eigenvalue weighted by Gasteiger charge is -2.10. The summed E-state index contributed by atoms with van der Waals surface area (Å²) in [6, 6.07) is 59.7. The van der Waals surface area contributed by atoms with Gasteiger partial charge in [-0.15, -0.1) is 11.3 Å². The Kier molecular flexibility index (Phi) is 6.64. The molecule has 0 amide bonds. The van der Waals surface area contributed by atoms with E-state index in [1.165, 1.54) is 42.0 Å². The first-order chi connectivity index (χ1) is 24.8. The molecule has 0 N–H and O–H groups in total. The van der Waals surface area contributed by atoms with Gasteiger partial charge in [0.1, 0.15) is 0 Å². The number of hydrogen-bond donors (Lipinski definition) is 0. The molecule has 4 nitrogen and oxygen atoms in total. The molecule has 0 aliphatic rings. The van der Waals surface area contributed by atoms with Gasteiger partial charge in [-0.1, -0.05) is 133 Å². The van der Waals surface area contributed by atoms with Crippen molar-refractivity contribution in [2.75, 3.05) is 0 Å². The van der Waals surface area contributed by atoms with Gasteiger partial charge >= 0.3 is 0 Å². The standard InChI is InChI=1S/C45H28N4S/c1-3-11-31(12-4-1)43-46-44(32-13-5-2-6-14-32)48-45(47-43)33-21-19-29(20-22-33)30-23-25-34(26-24-30)49-37-17-9-7-15-35(37)41-38(49)27-28-40-42(41)36-16-8-10-18-39(36)50-40/h1-28H. The highest BCUT2D eigenvalue weighted by Crippen LogP contribution is 2.43. The van der Waals surface area contributed by atoms with Crippen LogP contribution in [0.2, 0.25) is 0 Å². The van der Waals surface area contributed by atoms with E-state index in [2.05, 4.69) is 114 Å². The quantitative estimate of drug-likeness (QED) is 0.185. The molecule has 3 aromatic heterocycles. The van der Waals surface area contributed by atoms with Crippen molar-refractivity contribution in [1.82, 2.24) is 19.5 Å². The summed E-state index contributed by atoms with van der Waals surface area (Å²) in [6.45, 7) is 0. The van der Waals surface area contributed by atoms with Crippen LogP contribution in [0.15, 0.2) is 170 Å². The second-order valence-electron chi connectivity index (χ2n) is 12.4. The lowest BCUT2D eigenvalue weighted by Crippen LogP contribution is -2.00. The van der Waals surface area contributed by atoms with Crippen molar-refractivity contribution < 1.29 is 0 Å². The molecule has 0 saturated heterocycles. The molecular formula is C45H28N4S. The van der Waals surface area contributed by atoms with E-state index in [0.29, 0.717) is 17.5 Å². The summed E-state index contributed by atoms with van der Waals surface area (Å²) in [6.07, 6.45) is 0. The van der Waals surface area contributed by atoms with Crippen LogP contribution >= 0.6 is 11.3 Å². The van der Waals surface area contributed by atoms with E-state index in [1.807, 2.05) is 72.0 Å². The summed E-state index contributed by atoms with van der Waals surface area (Å²) in [5.74, 6) is 1.97. The number of benzene rings is 7. The largest absolute Gasteiger partial charge is 0.309 e. The van der Waals surface area contributed by atoms with Gasteiger partial charge in [0.15, 0.2) is 17.5 Å². The second kappa shape index (κ2) is 11.6. The lowest BCUT2D eigenvalue weighted by molar-refractivity contribution is 1.07. The maximum absolute atomic E-state index is 4.90. The Morgan fingerprint density at radius 1 is 0.340 bits per heavy atom. The van der Waals surface area contributed by atoms with Crippen molar-refractivity contribution in [2.24, 2.45) is 0 Å². The normalized spacial score (nSPS) is 11.6. The monoisotopic (exact) mass is 656 g/mol. The van der Waals surface area contributed by atoms with Crippen LogP contribution < -0.4 is 0 Å². The third-order valence-corrected chi connectivity index (χ3v) is 10.6. The molecule has 0 atom stereocenters. The molecule has 0 saturated carbocycles. The molecule has 7 aromatic carbocycles. The van der Waals surface area contributed by atoms with Gasteiger partial charge < -0.3 is 4.57 Å². The number of thiophene rings is 1. The summed E-state index contributed by atoms with van der Waals surface area (Å²) in [5, 5.41) is 5.27. The fourth-order valence-electron chi connectivity index (χ4n) is 7.10. The molecule has 234 valence electrons. The minimum absolute atomic E-state index is 0.651. The van der Waals surface area contributed by atoms with Crippen LogP contribution in [-0.2, 0) is 0 Å². The van der Waals surface area contributed by atoms with Gasteiger partial charge in [-0.3, -0.25) is 0 Å². The molecule has 10 rings (SSSR count). The van der Waals surface area contributed by atoms with Crippen molar-refractivity contribution in [1.29, 1.82) is 0 Å². The number of fused-ring (bicyclic) bond motifs is 7. The predicted octanol–water partition coefficient (Wildman–Crippen LogP) is 12.0. The minimum Gasteiger partial charge on any atom is -0.309 e. The molecular weight excluding hydrogens is 629 g/mol. The van der Waals surface area contributed by atoms with Crippen molar-refractivity contribution in [3.8, 4) is 51.0 Å². The van der Waals surface area contributed by atoms with Crippen LogP contribution in [0.1, 0.15) is 0 Å². The van der Waals surface area contributed by atoms with E-state index in [-0.39, 0.29) is 0 Å². The van der Waals surface area contributed by atoms with E-state index >= 15 is 0 Å². The highest BCUT2D eigenvalue weighted by molar-refractivity contribution is 7.26. The van der Waals surface area contributed by atoms with Crippen molar-refractivity contribution in [3.05, 3.63) is 170 Å². The van der Waals surface area contributed by atoms with Crippen LogP contribution in [0.3, 0.4) is 0 Å². The van der Waals surface area contributed by atoms with Crippen molar-refractivity contribution in [2.45, 2.75) is 0 Å². The fraction of sp³-hybridized carbons (Fsp3) is 0. The third kappa shape index (κ3) is 4.71. The van der Waals surface area contributed by atoms with Crippen molar-refractivity contribution >= 4 is 53.3 Å². The van der Waals surface area contributed by atoms with E-state index in [1.54, 1.807) is 0 Å². The summed E-state index contributed by atoms with van der Waals surface area (Å²) in [5.41, 5.74) is 8.73. The Labute approximate surface area is 292 Å². The summed E-state index contributed by atoms with van der Waals surface area (Å²) in [4.78, 5) is 14.6. The van der Waals surface area contributed by atoms with Gasteiger partial charge in [0.2, 0.25) is 0 Å². The number of para-hydroxylation sites is 1. The highest BCUT2D eigenvalue weighted by atomic mass is 32.1. The van der Waals surface area contributed by atoms with E-state index in [4.69, 9.17) is 15.0 Å². The molecule has 3 heterocycles. The molecule has 5 heteroatoms. The summed E-state index contributed by atoms with van der Waals surface area (Å²) in [7, 11) is 0. The van der Waals surface area contributed by atoms with Gasteiger partial charge in [-0.2, -0.15) is 0 Å². The zero-order valence-corrected chi connectivity index (χ0v) is 27.7. The average Bonchev–Trinajstić information content (AvgIpc) is 3.74. The first-order valence-corrected chi connectivity index (χ1v) is 17.5. The van der Waals surface area contributed by atoms with Gasteiger partial charge in [-0.05, 0) is 47.5 Å². The molecule has 0 aliphatic carbocycles. The van der Waals surface area contributed by atoms with E-state index in [0.717, 1.165) is 33.5 Å². The number of aromatic nitrogens is 4. The lowest BCUT2D eigenvalue weighted by atomic mass is 10.0. The van der Waals surface area contributed by atoms with Gasteiger partial charge in [0.05, 0.1) is 11.0 Å². The number of nitrogens with zero attached hydrogens (tertiary/aromatic N) is 4. The second-order valence-corrected chi connectivity index (χ2v) is 13.5. The van der Waals surface area contributed by atoms with Crippen LogP contribution in [0.25, 0.3) is 93.0 Å². The smallest absolute Gasteiger partial charge is 0.164 e. The average molecular weight is 657 g/mol. The Morgan fingerprint density at radius 2 is 0.840 bits per heavy atom. The first kappa shape index (κ1) is 28.6. The van der Waals surface area contributed by atoms with E-state index in [9.17, 15) is 0 Å². The minimum atomic E-state index is 0.651. The Balaban J connectivity index is 1.03. The molecule has 0 radical (unpaired) electrons. The maximum Gasteiger partial charge on any atom is 0.164 e. The zero-order valence-electron chi connectivity index (χ0n) is 26.9. The van der Waals surface area contributed by atoms with Gasteiger partial charge in [-0.25, -0.2) is 15.0 Å². The maximum atomic E-state index is 4.90. The molecule has 0 bridgehead atoms. The third-order valence-electron chi connectivity index (χ3n) is 9.48. The molecule has 50 heavy (non-hydrogen) atoms. The Bertz CT molecular complexity index is 2780. The van der Waals surface area contributed by atoms with Gasteiger partial charge in [0, 0.05) is 53.3 Å². The summed E-state index contributed by atoms with van der Waals surface area (Å²) < 4.78 is 5.05. The van der Waals surface area contributed by atoms with Crippen LogP contribution in [0, 0.1) is 0 Å². The number of rotatable bonds is 5. The molecule has 0 spiro atoms. The molecule has 0 fully saturated rings. The molecule has 10 aromatic rings. The van der Waals surface area contributed by atoms with Crippen LogP contribution in [-0.4, -0.2) is 19.5 Å². The van der Waals surface area contributed by atoms with Gasteiger partial charge in [0.25, 0.3) is 0 Å². The topological polar surface area (TPSA) is 43.6 Å². The fourth-order valence-corrected chi connectivity index (χ4v) is 8.22. The predicted molar refractivity (Wildman–Crippen MR) is 209 cm³/mol. The van der Waals surface area contributed by atoms with Crippen LogP contribution in [0.5, 0.6) is 0 Å². The SMILES string of the molecule is c1ccc(-c2nc(-c3ccccc3)nc(-c3ccc(-c4ccc(-n5c6ccccc6c6c7c(ccc65)sc5ccccc57)cc4)cc3)n2)cc1. The Hall–Kier alpha value is -6.43. The van der Waals surface area contributed by atoms with Crippen LogP contribution in [0.4, 0.5) is 0 Å². The Morgan fingerprint density at radius 3 is 1.48 bits per heavy atom. The molecule has 0 aliphatic heterocycles.